The highest BCUT2D eigenvalue weighted by Gasteiger charge is 2.19. The number of hydrogen-bond donors (Lipinski definition) is 0. The molecule has 0 amide bonds. The van der Waals surface area contributed by atoms with Crippen molar-refractivity contribution in [1.29, 1.82) is 0 Å². The van der Waals surface area contributed by atoms with Crippen molar-refractivity contribution in [1.82, 2.24) is 0 Å². The zero-order valence-corrected chi connectivity index (χ0v) is 35.4. The first-order valence-corrected chi connectivity index (χ1v) is 22.7. The minimum Gasteiger partial charge on any atom is -0.462 e. The Labute approximate surface area is 323 Å². The van der Waals surface area contributed by atoms with Gasteiger partial charge in [-0.05, 0) is 31.1 Å². The number of carbonyl (C=O) groups excluding carboxylic acids is 3. The van der Waals surface area contributed by atoms with Crippen LogP contribution in [-0.4, -0.2) is 37.2 Å². The molecular formula is C46H88O6. The summed E-state index contributed by atoms with van der Waals surface area (Å²) < 4.78 is 16.7. The van der Waals surface area contributed by atoms with Crippen molar-refractivity contribution >= 4 is 17.9 Å². The van der Waals surface area contributed by atoms with Crippen LogP contribution in [0.1, 0.15) is 247 Å². The van der Waals surface area contributed by atoms with Crippen LogP contribution in [0, 0.1) is 11.8 Å². The quantitative estimate of drug-likeness (QED) is 0.0354. The lowest BCUT2D eigenvalue weighted by Crippen LogP contribution is -2.30. The zero-order valence-electron chi connectivity index (χ0n) is 35.4. The molecule has 0 aromatic heterocycles. The second-order valence-electron chi connectivity index (χ2n) is 16.6. The Morgan fingerprint density at radius 3 is 0.942 bits per heavy atom. The molecule has 0 bridgehead atoms. The monoisotopic (exact) mass is 737 g/mol. The van der Waals surface area contributed by atoms with E-state index in [1.807, 2.05) is 0 Å². The van der Waals surface area contributed by atoms with Gasteiger partial charge in [0.15, 0.2) is 6.10 Å². The smallest absolute Gasteiger partial charge is 0.306 e. The number of hydrogen-bond acceptors (Lipinski definition) is 6. The molecule has 0 aliphatic carbocycles. The maximum atomic E-state index is 12.7. The molecule has 6 heteroatoms. The van der Waals surface area contributed by atoms with Gasteiger partial charge in [-0.3, -0.25) is 14.4 Å². The van der Waals surface area contributed by atoms with Crippen molar-refractivity contribution in [3.8, 4) is 0 Å². The summed E-state index contributed by atoms with van der Waals surface area (Å²) in [5.41, 5.74) is 0. The highest BCUT2D eigenvalue weighted by atomic mass is 16.6. The number of rotatable bonds is 40. The van der Waals surface area contributed by atoms with E-state index in [4.69, 9.17) is 14.2 Å². The van der Waals surface area contributed by atoms with E-state index >= 15 is 0 Å². The summed E-state index contributed by atoms with van der Waals surface area (Å²) in [4.78, 5) is 37.6. The molecule has 0 N–H and O–H groups in total. The van der Waals surface area contributed by atoms with Crippen LogP contribution in [0.25, 0.3) is 0 Å². The van der Waals surface area contributed by atoms with Crippen molar-refractivity contribution in [2.24, 2.45) is 11.8 Å². The van der Waals surface area contributed by atoms with Crippen LogP contribution >= 0.6 is 0 Å². The summed E-state index contributed by atoms with van der Waals surface area (Å²) in [6.07, 6.45) is 36.7. The Hall–Kier alpha value is -1.59. The fourth-order valence-corrected chi connectivity index (χ4v) is 6.75. The molecule has 0 rings (SSSR count). The second kappa shape index (κ2) is 39.1. The van der Waals surface area contributed by atoms with Gasteiger partial charge in [0.05, 0.1) is 0 Å². The van der Waals surface area contributed by atoms with Gasteiger partial charge in [-0.2, -0.15) is 0 Å². The zero-order chi connectivity index (χ0) is 38.3. The van der Waals surface area contributed by atoms with Gasteiger partial charge < -0.3 is 14.2 Å². The van der Waals surface area contributed by atoms with Gasteiger partial charge >= 0.3 is 17.9 Å². The Morgan fingerprint density at radius 2 is 0.635 bits per heavy atom. The van der Waals surface area contributed by atoms with Gasteiger partial charge in [0.25, 0.3) is 0 Å². The van der Waals surface area contributed by atoms with Crippen LogP contribution in [0.2, 0.25) is 0 Å². The molecule has 0 aliphatic heterocycles. The van der Waals surface area contributed by atoms with Crippen LogP contribution < -0.4 is 0 Å². The fourth-order valence-electron chi connectivity index (χ4n) is 6.75. The van der Waals surface area contributed by atoms with E-state index in [2.05, 4.69) is 34.6 Å². The lowest BCUT2D eigenvalue weighted by molar-refractivity contribution is -0.167. The molecule has 0 aromatic rings. The predicted molar refractivity (Wildman–Crippen MR) is 220 cm³/mol. The SMILES string of the molecule is CCCCCCCCCCCCCCCCC(=O)O[C@@H](COC(=O)CCCCCCCCCCC(C)C)COC(=O)CCCCCCCCC(C)C. The van der Waals surface area contributed by atoms with Crippen molar-refractivity contribution < 1.29 is 28.6 Å². The average molecular weight is 737 g/mol. The standard InChI is InChI=1S/C46H88O6/c1-6-7-8-9-10-11-12-13-14-15-16-21-28-33-38-46(49)52-43(40-51-45(48)37-32-27-23-22-25-30-35-42(4)5)39-50-44(47)36-31-26-20-18-17-19-24-29-34-41(2)3/h41-43H,6-40H2,1-5H3/t43-/m0/s1. The number of ether oxygens (including phenoxy) is 3. The minimum absolute atomic E-state index is 0.0661. The van der Waals surface area contributed by atoms with Crippen molar-refractivity contribution in [3.05, 3.63) is 0 Å². The van der Waals surface area contributed by atoms with Gasteiger partial charge in [-0.15, -0.1) is 0 Å². The third-order valence-electron chi connectivity index (χ3n) is 10.2. The van der Waals surface area contributed by atoms with Crippen LogP contribution in [0.4, 0.5) is 0 Å². The molecule has 0 saturated heterocycles. The first-order valence-electron chi connectivity index (χ1n) is 22.7. The van der Waals surface area contributed by atoms with Gasteiger partial charge in [0, 0.05) is 19.3 Å². The van der Waals surface area contributed by atoms with E-state index in [-0.39, 0.29) is 31.1 Å². The van der Waals surface area contributed by atoms with Crippen LogP contribution in [0.15, 0.2) is 0 Å². The Bertz CT molecular complexity index is 794. The van der Waals surface area contributed by atoms with E-state index in [9.17, 15) is 14.4 Å². The Balaban J connectivity index is 4.32. The molecule has 1 atom stereocenters. The van der Waals surface area contributed by atoms with E-state index in [0.717, 1.165) is 69.6 Å². The minimum atomic E-state index is -0.760. The summed E-state index contributed by atoms with van der Waals surface area (Å²) >= 11 is 0. The maximum absolute atomic E-state index is 12.7. The van der Waals surface area contributed by atoms with Gasteiger partial charge in [0.1, 0.15) is 13.2 Å². The largest absolute Gasteiger partial charge is 0.462 e. The third-order valence-corrected chi connectivity index (χ3v) is 10.2. The molecule has 0 aliphatic rings. The van der Waals surface area contributed by atoms with Gasteiger partial charge in [0.2, 0.25) is 0 Å². The highest BCUT2D eigenvalue weighted by molar-refractivity contribution is 5.71. The normalized spacial score (nSPS) is 12.1. The summed E-state index contributed by atoms with van der Waals surface area (Å²) in [6.45, 7) is 11.2. The predicted octanol–water partition coefficient (Wildman–Crippen LogP) is 14.2. The van der Waals surface area contributed by atoms with E-state index in [1.165, 1.54) is 135 Å². The molecular weight excluding hydrogens is 648 g/mol. The molecule has 6 nitrogen and oxygen atoms in total. The Morgan fingerprint density at radius 1 is 0.365 bits per heavy atom. The van der Waals surface area contributed by atoms with Crippen molar-refractivity contribution in [2.75, 3.05) is 13.2 Å². The van der Waals surface area contributed by atoms with E-state index in [0.29, 0.717) is 19.3 Å². The highest BCUT2D eigenvalue weighted by Crippen LogP contribution is 2.16. The molecule has 52 heavy (non-hydrogen) atoms. The third kappa shape index (κ3) is 39.6. The van der Waals surface area contributed by atoms with Crippen molar-refractivity contribution in [2.45, 2.75) is 253 Å². The second-order valence-corrected chi connectivity index (χ2v) is 16.6. The van der Waals surface area contributed by atoms with E-state index in [1.54, 1.807) is 0 Å². The van der Waals surface area contributed by atoms with Crippen molar-refractivity contribution in [3.63, 3.8) is 0 Å². The number of unbranched alkanes of at least 4 members (excludes halogenated alkanes) is 25. The lowest BCUT2D eigenvalue weighted by Gasteiger charge is -2.18. The molecule has 0 fully saturated rings. The molecule has 0 aromatic carbocycles. The Kier molecular flexibility index (Phi) is 37.9. The molecule has 0 heterocycles. The van der Waals surface area contributed by atoms with Gasteiger partial charge in [-0.25, -0.2) is 0 Å². The fraction of sp³-hybridized carbons (Fsp3) is 0.935. The molecule has 0 saturated carbocycles. The maximum Gasteiger partial charge on any atom is 0.306 e. The summed E-state index contributed by atoms with van der Waals surface area (Å²) in [7, 11) is 0. The average Bonchev–Trinajstić information content (AvgIpc) is 3.11. The topological polar surface area (TPSA) is 78.9 Å². The molecule has 0 unspecified atom stereocenters. The molecule has 0 spiro atoms. The summed E-state index contributed by atoms with van der Waals surface area (Å²) in [5.74, 6) is 0.697. The first kappa shape index (κ1) is 50.4. The molecule has 0 radical (unpaired) electrons. The number of carbonyl (C=O) groups is 3. The lowest BCUT2D eigenvalue weighted by atomic mass is 10.0. The number of esters is 3. The van der Waals surface area contributed by atoms with Crippen LogP contribution in [-0.2, 0) is 28.6 Å². The summed E-state index contributed by atoms with van der Waals surface area (Å²) in [5, 5.41) is 0. The van der Waals surface area contributed by atoms with Crippen LogP contribution in [0.5, 0.6) is 0 Å². The molecule has 308 valence electrons. The first-order chi connectivity index (χ1) is 25.2. The van der Waals surface area contributed by atoms with Gasteiger partial charge in [-0.1, -0.05) is 208 Å². The summed E-state index contributed by atoms with van der Waals surface area (Å²) in [6, 6.07) is 0. The van der Waals surface area contributed by atoms with Crippen LogP contribution in [0.3, 0.4) is 0 Å². The van der Waals surface area contributed by atoms with E-state index < -0.39 is 6.10 Å².